The van der Waals surface area contributed by atoms with Crippen LogP contribution in [0.3, 0.4) is 0 Å². The van der Waals surface area contributed by atoms with Gasteiger partial charge in [0.15, 0.2) is 0 Å². The molecule has 3 aromatic rings. The summed E-state index contributed by atoms with van der Waals surface area (Å²) in [5.74, 6) is 0. The van der Waals surface area contributed by atoms with Gasteiger partial charge < -0.3 is 0 Å². The normalized spacial score (nSPS) is 12.1. The summed E-state index contributed by atoms with van der Waals surface area (Å²) in [6, 6.07) is 12.9. The third-order valence-electron chi connectivity index (χ3n) is 3.49. The van der Waals surface area contributed by atoms with E-state index in [0.717, 1.165) is 10.7 Å². The Morgan fingerprint density at radius 2 is 1.73 bits per heavy atom. The number of nitrogens with zero attached hydrogens (tertiary/aromatic N) is 1. The summed E-state index contributed by atoms with van der Waals surface area (Å²) < 4.78 is 0. The fraction of sp³-hybridized carbons (Fsp3) is 0.211. The first kappa shape index (κ1) is 15.2. The summed E-state index contributed by atoms with van der Waals surface area (Å²) in [6.45, 7) is 6.71. The van der Waals surface area contributed by atoms with Gasteiger partial charge in [-0.1, -0.05) is 57.2 Å². The second-order valence-corrected chi connectivity index (χ2v) is 8.09. The highest BCUT2D eigenvalue weighted by atomic mass is 32.1. The Morgan fingerprint density at radius 1 is 0.955 bits per heavy atom. The summed E-state index contributed by atoms with van der Waals surface area (Å²) in [5, 5.41) is 5.25. The lowest BCUT2D eigenvalue weighted by Gasteiger charge is -2.18. The molecule has 0 amide bonds. The zero-order chi connectivity index (χ0) is 15.6. The highest BCUT2D eigenvalue weighted by Crippen LogP contribution is 2.27. The fourth-order valence-corrected chi connectivity index (χ4v) is 3.63. The highest BCUT2D eigenvalue weighted by Gasteiger charge is 2.12. The van der Waals surface area contributed by atoms with Crippen molar-refractivity contribution in [1.82, 2.24) is 4.98 Å². The molecule has 0 atom stereocenters. The molecule has 0 bridgehead atoms. The van der Waals surface area contributed by atoms with E-state index in [-0.39, 0.29) is 5.41 Å². The summed E-state index contributed by atoms with van der Waals surface area (Å²) in [4.78, 5) is 5.89. The molecule has 3 heteroatoms. The van der Waals surface area contributed by atoms with Crippen LogP contribution in [-0.4, -0.2) is 4.98 Å². The first-order valence-corrected chi connectivity index (χ1v) is 9.06. The third-order valence-corrected chi connectivity index (χ3v) is 5.19. The van der Waals surface area contributed by atoms with Gasteiger partial charge in [0.05, 0.1) is 10.6 Å². The molecule has 0 aliphatic rings. The van der Waals surface area contributed by atoms with E-state index in [4.69, 9.17) is 0 Å². The van der Waals surface area contributed by atoms with Crippen molar-refractivity contribution >= 4 is 34.8 Å². The van der Waals surface area contributed by atoms with Gasteiger partial charge in [-0.25, -0.2) is 4.98 Å². The number of aromatic nitrogens is 1. The molecule has 0 aliphatic heterocycles. The van der Waals surface area contributed by atoms with Crippen molar-refractivity contribution in [3.63, 3.8) is 0 Å². The van der Waals surface area contributed by atoms with Gasteiger partial charge in [0.25, 0.3) is 0 Å². The Balaban J connectivity index is 1.74. The molecule has 0 saturated heterocycles. The summed E-state index contributed by atoms with van der Waals surface area (Å²) in [7, 11) is 0. The monoisotopic (exact) mass is 325 g/mol. The van der Waals surface area contributed by atoms with E-state index < -0.39 is 0 Å². The second kappa shape index (κ2) is 6.19. The van der Waals surface area contributed by atoms with Crippen molar-refractivity contribution in [2.24, 2.45) is 0 Å². The van der Waals surface area contributed by atoms with Crippen LogP contribution in [0, 0.1) is 0 Å². The smallest absolute Gasteiger partial charge is 0.116 e. The third kappa shape index (κ3) is 3.54. The molecule has 3 rings (SSSR count). The molecule has 22 heavy (non-hydrogen) atoms. The lowest BCUT2D eigenvalue weighted by molar-refractivity contribution is 0.590. The van der Waals surface area contributed by atoms with Gasteiger partial charge in [-0.15, -0.1) is 22.7 Å². The Labute approximate surface area is 140 Å². The van der Waals surface area contributed by atoms with Crippen LogP contribution in [0.5, 0.6) is 0 Å². The van der Waals surface area contributed by atoms with Crippen molar-refractivity contribution in [2.45, 2.75) is 26.2 Å². The predicted octanol–water partition coefficient (Wildman–Crippen LogP) is 6.34. The van der Waals surface area contributed by atoms with E-state index in [9.17, 15) is 0 Å². The number of hydrogen-bond acceptors (Lipinski definition) is 3. The SMILES string of the molecule is CC(C)(C)c1ccc(C=Cc2nc(-c3cccs3)cs2)cc1. The minimum atomic E-state index is 0.202. The number of hydrogen-bond donors (Lipinski definition) is 0. The van der Waals surface area contributed by atoms with Crippen molar-refractivity contribution in [2.75, 3.05) is 0 Å². The molecule has 112 valence electrons. The van der Waals surface area contributed by atoms with E-state index in [0.29, 0.717) is 0 Å². The summed E-state index contributed by atoms with van der Waals surface area (Å²) in [5.41, 5.74) is 3.84. The van der Waals surface area contributed by atoms with E-state index in [1.54, 1.807) is 22.7 Å². The van der Waals surface area contributed by atoms with Crippen LogP contribution in [0.4, 0.5) is 0 Å². The minimum Gasteiger partial charge on any atom is -0.236 e. The summed E-state index contributed by atoms with van der Waals surface area (Å²) in [6.07, 6.45) is 4.22. The van der Waals surface area contributed by atoms with Gasteiger partial charge in [-0.3, -0.25) is 0 Å². The zero-order valence-electron chi connectivity index (χ0n) is 13.0. The molecule has 0 fully saturated rings. The standard InChI is InChI=1S/C19H19NS2/c1-19(2,3)15-9-6-14(7-10-15)8-11-18-20-16(13-22-18)17-5-4-12-21-17/h4-13H,1-3H3. The van der Waals surface area contributed by atoms with E-state index in [1.165, 1.54) is 16.0 Å². The lowest BCUT2D eigenvalue weighted by atomic mass is 9.87. The largest absolute Gasteiger partial charge is 0.236 e. The van der Waals surface area contributed by atoms with Gasteiger partial charge in [-0.2, -0.15) is 0 Å². The molecule has 0 radical (unpaired) electrons. The number of rotatable bonds is 3. The van der Waals surface area contributed by atoms with E-state index in [2.05, 4.69) is 85.1 Å². The van der Waals surface area contributed by atoms with E-state index >= 15 is 0 Å². The summed E-state index contributed by atoms with van der Waals surface area (Å²) >= 11 is 3.41. The molecule has 2 heterocycles. The second-order valence-electron chi connectivity index (χ2n) is 6.25. The lowest BCUT2D eigenvalue weighted by Crippen LogP contribution is -2.10. The van der Waals surface area contributed by atoms with Crippen molar-refractivity contribution in [3.05, 3.63) is 63.3 Å². The molecular formula is C19H19NS2. The first-order valence-electron chi connectivity index (χ1n) is 7.30. The average molecular weight is 326 g/mol. The van der Waals surface area contributed by atoms with Crippen LogP contribution in [0.2, 0.25) is 0 Å². The quantitative estimate of drug-likeness (QED) is 0.547. The number of benzene rings is 1. The maximum atomic E-state index is 4.67. The number of thiophene rings is 1. The Kier molecular flexibility index (Phi) is 4.27. The molecule has 0 aliphatic carbocycles. The Bertz CT molecular complexity index is 757. The molecule has 1 aromatic carbocycles. The Morgan fingerprint density at radius 3 is 2.36 bits per heavy atom. The van der Waals surface area contributed by atoms with Crippen LogP contribution in [0.1, 0.15) is 36.9 Å². The topological polar surface area (TPSA) is 12.9 Å². The molecule has 0 saturated carbocycles. The van der Waals surface area contributed by atoms with Gasteiger partial charge in [-0.05, 0) is 34.1 Å². The van der Waals surface area contributed by atoms with Gasteiger partial charge in [0, 0.05) is 5.38 Å². The molecule has 0 unspecified atom stereocenters. The van der Waals surface area contributed by atoms with Crippen LogP contribution in [0.25, 0.3) is 22.7 Å². The average Bonchev–Trinajstić information content (AvgIpc) is 3.15. The van der Waals surface area contributed by atoms with E-state index in [1.807, 2.05) is 0 Å². The number of thiazole rings is 1. The van der Waals surface area contributed by atoms with Gasteiger partial charge >= 0.3 is 0 Å². The van der Waals surface area contributed by atoms with Crippen molar-refractivity contribution < 1.29 is 0 Å². The fourth-order valence-electron chi connectivity index (χ4n) is 2.16. The van der Waals surface area contributed by atoms with Gasteiger partial charge in [0.2, 0.25) is 0 Å². The Hall–Kier alpha value is -1.71. The van der Waals surface area contributed by atoms with Crippen LogP contribution in [0.15, 0.2) is 47.2 Å². The zero-order valence-corrected chi connectivity index (χ0v) is 14.7. The molecular weight excluding hydrogens is 306 g/mol. The van der Waals surface area contributed by atoms with Crippen LogP contribution >= 0.6 is 22.7 Å². The maximum absolute atomic E-state index is 4.67. The highest BCUT2D eigenvalue weighted by molar-refractivity contribution is 7.14. The van der Waals surface area contributed by atoms with Crippen LogP contribution < -0.4 is 0 Å². The van der Waals surface area contributed by atoms with Crippen molar-refractivity contribution in [3.8, 4) is 10.6 Å². The van der Waals surface area contributed by atoms with Gasteiger partial charge in [0.1, 0.15) is 5.01 Å². The van der Waals surface area contributed by atoms with Crippen LogP contribution in [-0.2, 0) is 5.41 Å². The molecule has 1 nitrogen and oxygen atoms in total. The maximum Gasteiger partial charge on any atom is 0.116 e. The minimum absolute atomic E-state index is 0.202. The molecule has 2 aromatic heterocycles. The first-order chi connectivity index (χ1) is 10.5. The molecule has 0 spiro atoms. The van der Waals surface area contributed by atoms with Crippen molar-refractivity contribution in [1.29, 1.82) is 0 Å². The molecule has 0 N–H and O–H groups in total. The predicted molar refractivity (Wildman–Crippen MR) is 99.5 cm³/mol.